The summed E-state index contributed by atoms with van der Waals surface area (Å²) in [6.45, 7) is 10.9. The predicted octanol–water partition coefficient (Wildman–Crippen LogP) is 2.76. The molecule has 1 N–H and O–H groups in total. The molecule has 1 saturated heterocycles. The van der Waals surface area contributed by atoms with Gasteiger partial charge in [-0.2, -0.15) is 0 Å². The van der Waals surface area contributed by atoms with Crippen molar-refractivity contribution in [3.63, 3.8) is 0 Å². The van der Waals surface area contributed by atoms with E-state index in [0.29, 0.717) is 36.3 Å². The van der Waals surface area contributed by atoms with Crippen LogP contribution in [-0.4, -0.2) is 55.6 Å². The van der Waals surface area contributed by atoms with E-state index in [1.807, 2.05) is 12.1 Å². The zero-order valence-electron chi connectivity index (χ0n) is 22.5. The van der Waals surface area contributed by atoms with Crippen molar-refractivity contribution in [2.75, 3.05) is 30.7 Å². The highest BCUT2D eigenvalue weighted by atomic mass is 32.2. The van der Waals surface area contributed by atoms with E-state index in [9.17, 15) is 13.5 Å². The first kappa shape index (κ1) is 27.1. The normalized spacial score (nSPS) is 18.8. The van der Waals surface area contributed by atoms with E-state index in [-0.39, 0.29) is 10.3 Å². The molecule has 6 nitrogen and oxygen atoms in total. The van der Waals surface area contributed by atoms with Crippen molar-refractivity contribution < 1.29 is 23.0 Å². The smallest absolute Gasteiger partial charge is 0.264 e. The second-order valence-corrected chi connectivity index (χ2v) is 13.8. The van der Waals surface area contributed by atoms with E-state index in [1.54, 1.807) is 38.2 Å². The van der Waals surface area contributed by atoms with E-state index in [1.165, 1.54) is 5.56 Å². The fourth-order valence-corrected chi connectivity index (χ4v) is 6.85. The van der Waals surface area contributed by atoms with Gasteiger partial charge in [-0.05, 0) is 71.9 Å². The van der Waals surface area contributed by atoms with Crippen molar-refractivity contribution in [1.82, 2.24) is 0 Å². The Morgan fingerprint density at radius 1 is 1.17 bits per heavy atom. The summed E-state index contributed by atoms with van der Waals surface area (Å²) in [6, 6.07) is 11.0. The zero-order valence-corrected chi connectivity index (χ0v) is 23.3. The summed E-state index contributed by atoms with van der Waals surface area (Å²) in [7, 11) is -0.545. The highest BCUT2D eigenvalue weighted by molar-refractivity contribution is 7.92. The van der Waals surface area contributed by atoms with Gasteiger partial charge in [-0.25, -0.2) is 8.42 Å². The maximum atomic E-state index is 14.0. The number of aliphatic hydroxyl groups is 1. The number of anilines is 1. The largest absolute Gasteiger partial charge is 0.493 e. The third-order valence-corrected chi connectivity index (χ3v) is 9.05. The maximum Gasteiger partial charge on any atom is 0.264 e. The van der Waals surface area contributed by atoms with Crippen LogP contribution in [0.25, 0.3) is 0 Å². The zero-order chi connectivity index (χ0) is 26.3. The van der Waals surface area contributed by atoms with Crippen molar-refractivity contribution in [2.24, 2.45) is 11.3 Å². The van der Waals surface area contributed by atoms with Gasteiger partial charge < -0.3 is 14.6 Å². The number of ether oxygens (including phenoxy) is 2. The molecule has 0 unspecified atom stereocenters. The minimum Gasteiger partial charge on any atom is -0.493 e. The average molecular weight is 511 g/mol. The Bertz CT molecular complexity index is 1200. The lowest BCUT2D eigenvalue weighted by Crippen LogP contribution is -2.44. The molecule has 0 bridgehead atoms. The molecule has 9 heteroatoms. The summed E-state index contributed by atoms with van der Waals surface area (Å²) in [5.74, 6) is 1.28. The van der Waals surface area contributed by atoms with E-state index >= 15 is 0 Å². The highest BCUT2D eigenvalue weighted by Gasteiger charge is 2.38. The van der Waals surface area contributed by atoms with Crippen molar-refractivity contribution in [3.05, 3.63) is 53.1 Å². The molecule has 0 atom stereocenters. The van der Waals surface area contributed by atoms with Crippen LogP contribution < -0.4 is 9.04 Å². The van der Waals surface area contributed by atoms with E-state index in [0.717, 1.165) is 43.7 Å². The lowest BCUT2D eigenvalue weighted by Gasteiger charge is -2.40. The molecular formula is C27H39B2NO5S. The molecule has 2 aliphatic heterocycles. The van der Waals surface area contributed by atoms with Gasteiger partial charge in [-0.15, -0.1) is 0 Å². The molecule has 1 fully saturated rings. The van der Waals surface area contributed by atoms with Crippen molar-refractivity contribution in [2.45, 2.75) is 63.2 Å². The van der Waals surface area contributed by atoms with Crippen LogP contribution in [0.3, 0.4) is 0 Å². The second-order valence-electron chi connectivity index (χ2n) is 12.0. The molecule has 0 aliphatic carbocycles. The van der Waals surface area contributed by atoms with Crippen LogP contribution in [0.5, 0.6) is 5.75 Å². The Kier molecular flexibility index (Phi) is 7.58. The van der Waals surface area contributed by atoms with Crippen LogP contribution in [0, 0.1) is 11.3 Å². The van der Waals surface area contributed by atoms with Gasteiger partial charge >= 0.3 is 0 Å². The van der Waals surface area contributed by atoms with Crippen LogP contribution in [0.4, 0.5) is 5.69 Å². The fourth-order valence-electron chi connectivity index (χ4n) is 5.13. The molecule has 0 spiro atoms. The Morgan fingerprint density at radius 3 is 2.50 bits per heavy atom. The quantitative estimate of drug-likeness (QED) is 0.579. The van der Waals surface area contributed by atoms with E-state index in [2.05, 4.69) is 33.8 Å². The van der Waals surface area contributed by atoms with E-state index < -0.39 is 15.4 Å². The molecule has 0 aromatic heterocycles. The number of benzene rings is 2. The highest BCUT2D eigenvalue weighted by Crippen LogP contribution is 2.41. The number of hydrogen-bond acceptors (Lipinski definition) is 5. The summed E-state index contributed by atoms with van der Waals surface area (Å²) in [5, 5.41) is 9.66. The number of nitrogens with zero attached hydrogens (tertiary/aromatic N) is 1. The molecule has 0 saturated carbocycles. The van der Waals surface area contributed by atoms with Gasteiger partial charge in [0.05, 0.1) is 17.2 Å². The molecule has 0 radical (unpaired) electrons. The van der Waals surface area contributed by atoms with Crippen LogP contribution in [-0.2, 0) is 26.6 Å². The Hall–Kier alpha value is -1.96. The van der Waals surface area contributed by atoms with Gasteiger partial charge in [0.25, 0.3) is 10.0 Å². The van der Waals surface area contributed by atoms with Gasteiger partial charge in [0.15, 0.2) is 0 Å². The molecule has 2 aromatic carbocycles. The lowest BCUT2D eigenvalue weighted by molar-refractivity contribution is 0.0492. The van der Waals surface area contributed by atoms with Crippen molar-refractivity contribution >= 4 is 31.4 Å². The Morgan fingerprint density at radius 2 is 1.86 bits per heavy atom. The summed E-state index contributed by atoms with van der Waals surface area (Å²) in [4.78, 5) is 0.162. The predicted molar refractivity (Wildman–Crippen MR) is 149 cm³/mol. The third kappa shape index (κ3) is 5.79. The Balaban J connectivity index is 1.70. The molecule has 194 valence electrons. The molecule has 0 amide bonds. The fraction of sp³-hybridized carbons (Fsp3) is 0.556. The van der Waals surface area contributed by atoms with Crippen LogP contribution in [0.15, 0.2) is 41.3 Å². The van der Waals surface area contributed by atoms with Gasteiger partial charge in [0, 0.05) is 30.7 Å². The van der Waals surface area contributed by atoms with Crippen molar-refractivity contribution in [3.8, 4) is 5.75 Å². The average Bonchev–Trinajstić information content (AvgIpc) is 2.81. The molecule has 2 aliphatic rings. The van der Waals surface area contributed by atoms with Crippen molar-refractivity contribution in [1.29, 1.82) is 0 Å². The number of sulfonamides is 1. The summed E-state index contributed by atoms with van der Waals surface area (Å²) >= 11 is 0. The standard InChI is InChI=1S/C27H39B2NO5S/c1-18(2)20-5-7-24-21(13-20)15-26(3,4)17-30(24)36(32,33)22-6-8-25(23(14-22)27(28,29)31)35-16-19-9-11-34-12-10-19/h5-8,13-14,18-19,31H,9-12,15-17,28-29H2,1-4H3. The molecule has 36 heavy (non-hydrogen) atoms. The van der Waals surface area contributed by atoms with Crippen LogP contribution in [0.1, 0.15) is 63.1 Å². The second kappa shape index (κ2) is 10.1. The topological polar surface area (TPSA) is 76.1 Å². The maximum absolute atomic E-state index is 14.0. The number of hydrogen-bond donors (Lipinski definition) is 1. The summed E-state index contributed by atoms with van der Waals surface area (Å²) < 4.78 is 41.2. The lowest BCUT2D eigenvalue weighted by atomic mass is 9.61. The monoisotopic (exact) mass is 511 g/mol. The van der Waals surface area contributed by atoms with Crippen LogP contribution in [0.2, 0.25) is 0 Å². The molecular weight excluding hydrogens is 472 g/mol. The number of fused-ring (bicyclic) bond motifs is 1. The van der Waals surface area contributed by atoms with Gasteiger partial charge in [0.1, 0.15) is 21.4 Å². The van der Waals surface area contributed by atoms with Crippen LogP contribution >= 0.6 is 0 Å². The third-order valence-electron chi connectivity index (χ3n) is 7.29. The number of rotatable bonds is 7. The summed E-state index contributed by atoms with van der Waals surface area (Å²) in [6.07, 6.45) is 2.70. The Labute approximate surface area is 218 Å². The van der Waals surface area contributed by atoms with Gasteiger partial charge in [-0.3, -0.25) is 4.31 Å². The van der Waals surface area contributed by atoms with Gasteiger partial charge in [-0.1, -0.05) is 39.8 Å². The molecule has 4 rings (SSSR count). The van der Waals surface area contributed by atoms with E-state index in [4.69, 9.17) is 9.47 Å². The summed E-state index contributed by atoms with van der Waals surface area (Å²) in [5.41, 5.74) is 3.27. The molecule has 2 aromatic rings. The molecule has 2 heterocycles. The first-order valence-corrected chi connectivity index (χ1v) is 14.4. The minimum absolute atomic E-state index is 0.162. The minimum atomic E-state index is -3.86. The first-order chi connectivity index (χ1) is 16.8. The van der Waals surface area contributed by atoms with Gasteiger partial charge in [0.2, 0.25) is 0 Å². The first-order valence-electron chi connectivity index (χ1n) is 13.0. The SMILES string of the molecule is BC(B)(O)c1cc(S(=O)(=O)N2CC(C)(C)Cc3cc(C(C)C)ccc32)ccc1OCC1CCOCC1.